The molecular formula is C14H15FN4S. The lowest BCUT2D eigenvalue weighted by molar-refractivity contribution is 0.627. The number of benzene rings is 1. The molecule has 0 amide bonds. The lowest BCUT2D eigenvalue weighted by Crippen LogP contribution is -2.21. The standard InChI is InChI=1S/C14H15FN4S/c1-8-12(13(16)20)14(18(2)17-8)19-6-5-9-3-4-10(15)7-11(9)19/h3-4,7H,5-6H2,1-2H3,(H2,16,20). The van der Waals surface area contributed by atoms with Gasteiger partial charge in [0.2, 0.25) is 0 Å². The van der Waals surface area contributed by atoms with Crippen molar-refractivity contribution in [3.63, 3.8) is 0 Å². The minimum Gasteiger partial charge on any atom is -0.389 e. The molecule has 2 N–H and O–H groups in total. The summed E-state index contributed by atoms with van der Waals surface area (Å²) in [7, 11) is 1.85. The molecule has 0 saturated heterocycles. The van der Waals surface area contributed by atoms with E-state index in [4.69, 9.17) is 18.0 Å². The van der Waals surface area contributed by atoms with E-state index in [0.717, 1.165) is 41.3 Å². The first-order chi connectivity index (χ1) is 9.49. The third-order valence-electron chi connectivity index (χ3n) is 3.64. The van der Waals surface area contributed by atoms with Gasteiger partial charge in [-0.25, -0.2) is 4.39 Å². The molecule has 1 aromatic carbocycles. The molecule has 20 heavy (non-hydrogen) atoms. The average molecular weight is 290 g/mol. The zero-order chi connectivity index (χ0) is 14.4. The van der Waals surface area contributed by atoms with E-state index in [2.05, 4.69) is 5.10 Å². The Hall–Kier alpha value is -1.95. The van der Waals surface area contributed by atoms with Gasteiger partial charge in [-0.05, 0) is 31.0 Å². The number of nitrogens with zero attached hydrogens (tertiary/aromatic N) is 3. The Morgan fingerprint density at radius 1 is 1.45 bits per heavy atom. The molecule has 0 radical (unpaired) electrons. The van der Waals surface area contributed by atoms with Gasteiger partial charge in [-0.1, -0.05) is 18.3 Å². The molecule has 4 nitrogen and oxygen atoms in total. The number of rotatable bonds is 2. The van der Waals surface area contributed by atoms with Crippen LogP contribution in [0.4, 0.5) is 15.9 Å². The Balaban J connectivity index is 2.18. The maximum atomic E-state index is 13.5. The van der Waals surface area contributed by atoms with Gasteiger partial charge in [0.15, 0.2) is 0 Å². The normalized spacial score (nSPS) is 13.7. The molecule has 0 saturated carbocycles. The second kappa shape index (κ2) is 4.56. The smallest absolute Gasteiger partial charge is 0.141 e. The summed E-state index contributed by atoms with van der Waals surface area (Å²) >= 11 is 5.13. The van der Waals surface area contributed by atoms with Crippen LogP contribution in [0.3, 0.4) is 0 Å². The van der Waals surface area contributed by atoms with Gasteiger partial charge >= 0.3 is 0 Å². The minimum atomic E-state index is -0.244. The van der Waals surface area contributed by atoms with Crippen molar-refractivity contribution in [3.8, 4) is 0 Å². The first kappa shape index (κ1) is 13.1. The highest BCUT2D eigenvalue weighted by Crippen LogP contribution is 2.37. The van der Waals surface area contributed by atoms with E-state index in [-0.39, 0.29) is 5.82 Å². The maximum absolute atomic E-state index is 13.5. The molecule has 0 fully saturated rings. The number of thiocarbonyl (C=S) groups is 1. The summed E-state index contributed by atoms with van der Waals surface area (Å²) in [6.07, 6.45) is 0.872. The average Bonchev–Trinajstić information content (AvgIpc) is 2.89. The summed E-state index contributed by atoms with van der Waals surface area (Å²) in [6, 6.07) is 4.87. The van der Waals surface area contributed by atoms with Crippen LogP contribution in [-0.4, -0.2) is 21.3 Å². The number of hydrogen-bond acceptors (Lipinski definition) is 3. The third-order valence-corrected chi connectivity index (χ3v) is 3.84. The number of aryl methyl sites for hydroxylation is 2. The van der Waals surface area contributed by atoms with Crippen molar-refractivity contribution in [3.05, 3.63) is 40.8 Å². The number of nitrogens with two attached hydrogens (primary N) is 1. The molecule has 0 bridgehead atoms. The summed E-state index contributed by atoms with van der Waals surface area (Å²) in [5.41, 5.74) is 9.37. The quantitative estimate of drug-likeness (QED) is 0.861. The van der Waals surface area contributed by atoms with Crippen molar-refractivity contribution < 1.29 is 4.39 Å². The first-order valence-electron chi connectivity index (χ1n) is 6.38. The topological polar surface area (TPSA) is 47.1 Å². The monoisotopic (exact) mass is 290 g/mol. The lowest BCUT2D eigenvalue weighted by atomic mass is 10.1. The fourth-order valence-corrected chi connectivity index (χ4v) is 3.06. The molecule has 104 valence electrons. The van der Waals surface area contributed by atoms with Gasteiger partial charge in [-0.2, -0.15) is 5.10 Å². The van der Waals surface area contributed by atoms with E-state index in [9.17, 15) is 4.39 Å². The third kappa shape index (κ3) is 1.87. The van der Waals surface area contributed by atoms with Crippen LogP contribution in [0.1, 0.15) is 16.8 Å². The molecule has 1 aromatic heterocycles. The van der Waals surface area contributed by atoms with E-state index in [1.165, 1.54) is 6.07 Å². The molecule has 3 rings (SSSR count). The molecule has 0 spiro atoms. The molecule has 0 unspecified atom stereocenters. The summed E-state index contributed by atoms with van der Waals surface area (Å²) in [6.45, 7) is 2.65. The highest BCUT2D eigenvalue weighted by atomic mass is 32.1. The van der Waals surface area contributed by atoms with Crippen molar-refractivity contribution in [2.45, 2.75) is 13.3 Å². The van der Waals surface area contributed by atoms with E-state index >= 15 is 0 Å². The van der Waals surface area contributed by atoms with Gasteiger partial charge in [0.05, 0.1) is 11.3 Å². The van der Waals surface area contributed by atoms with Crippen molar-refractivity contribution >= 4 is 28.7 Å². The lowest BCUT2D eigenvalue weighted by Gasteiger charge is -2.21. The maximum Gasteiger partial charge on any atom is 0.141 e. The van der Waals surface area contributed by atoms with Crippen LogP contribution in [0.2, 0.25) is 0 Å². The van der Waals surface area contributed by atoms with Gasteiger partial charge in [-0.15, -0.1) is 0 Å². The zero-order valence-electron chi connectivity index (χ0n) is 11.4. The highest BCUT2D eigenvalue weighted by Gasteiger charge is 2.27. The Morgan fingerprint density at radius 2 is 2.20 bits per heavy atom. The second-order valence-corrected chi connectivity index (χ2v) is 5.39. The van der Waals surface area contributed by atoms with Crippen LogP contribution in [0.15, 0.2) is 18.2 Å². The zero-order valence-corrected chi connectivity index (χ0v) is 12.2. The van der Waals surface area contributed by atoms with E-state index in [1.807, 2.05) is 24.9 Å². The Bertz CT molecular complexity index is 707. The van der Waals surface area contributed by atoms with Gasteiger partial charge in [-0.3, -0.25) is 4.68 Å². The molecule has 2 heterocycles. The van der Waals surface area contributed by atoms with Gasteiger partial charge in [0.25, 0.3) is 0 Å². The Labute approximate surface area is 122 Å². The van der Waals surface area contributed by atoms with Crippen LogP contribution in [0.5, 0.6) is 0 Å². The number of anilines is 2. The van der Waals surface area contributed by atoms with E-state index < -0.39 is 0 Å². The van der Waals surface area contributed by atoms with Crippen molar-refractivity contribution in [1.29, 1.82) is 0 Å². The van der Waals surface area contributed by atoms with Gasteiger partial charge in [0, 0.05) is 19.3 Å². The molecule has 0 aliphatic carbocycles. The fraction of sp³-hybridized carbons (Fsp3) is 0.286. The molecule has 1 aliphatic heterocycles. The van der Waals surface area contributed by atoms with Gasteiger partial charge < -0.3 is 10.6 Å². The predicted molar refractivity (Wildman–Crippen MR) is 80.9 cm³/mol. The van der Waals surface area contributed by atoms with Crippen LogP contribution in [0.25, 0.3) is 0 Å². The van der Waals surface area contributed by atoms with Crippen LogP contribution in [-0.2, 0) is 13.5 Å². The summed E-state index contributed by atoms with van der Waals surface area (Å²) in [5, 5.41) is 4.39. The minimum absolute atomic E-state index is 0.244. The first-order valence-corrected chi connectivity index (χ1v) is 6.79. The molecule has 0 atom stereocenters. The highest BCUT2D eigenvalue weighted by molar-refractivity contribution is 7.80. The van der Waals surface area contributed by atoms with Crippen molar-refractivity contribution in [2.24, 2.45) is 12.8 Å². The summed E-state index contributed by atoms with van der Waals surface area (Å²) < 4.78 is 15.3. The number of fused-ring (bicyclic) bond motifs is 1. The number of halogens is 1. The van der Waals surface area contributed by atoms with Crippen molar-refractivity contribution in [2.75, 3.05) is 11.4 Å². The Kier molecular flexibility index (Phi) is 2.97. The van der Waals surface area contributed by atoms with Crippen LogP contribution >= 0.6 is 12.2 Å². The second-order valence-electron chi connectivity index (χ2n) is 4.95. The predicted octanol–water partition coefficient (Wildman–Crippen LogP) is 2.20. The summed E-state index contributed by atoms with van der Waals surface area (Å²) in [4.78, 5) is 2.35. The number of hydrogen-bond donors (Lipinski definition) is 1. The molecule has 1 aliphatic rings. The van der Waals surface area contributed by atoms with Gasteiger partial charge in [0.1, 0.15) is 16.6 Å². The van der Waals surface area contributed by atoms with Crippen LogP contribution < -0.4 is 10.6 Å². The van der Waals surface area contributed by atoms with Crippen LogP contribution in [0, 0.1) is 12.7 Å². The SMILES string of the molecule is Cc1nn(C)c(N2CCc3ccc(F)cc32)c1C(N)=S. The van der Waals surface area contributed by atoms with E-state index in [1.54, 1.807) is 10.7 Å². The molecular weight excluding hydrogens is 275 g/mol. The largest absolute Gasteiger partial charge is 0.389 e. The number of aromatic nitrogens is 2. The van der Waals surface area contributed by atoms with Crippen molar-refractivity contribution in [1.82, 2.24) is 9.78 Å². The molecule has 2 aromatic rings. The van der Waals surface area contributed by atoms with E-state index in [0.29, 0.717) is 4.99 Å². The Morgan fingerprint density at radius 3 is 2.90 bits per heavy atom. The molecule has 6 heteroatoms. The summed E-state index contributed by atoms with van der Waals surface area (Å²) in [5.74, 6) is 0.589. The fourth-order valence-electron chi connectivity index (χ4n) is 2.82.